The zero-order valence-electron chi connectivity index (χ0n) is 16.9. The molecule has 2 aromatic heterocycles. The normalized spacial score (nSPS) is 15.8. The second-order valence-corrected chi connectivity index (χ2v) is 8.57. The van der Waals surface area contributed by atoms with Gasteiger partial charge in [0.15, 0.2) is 0 Å². The first-order valence-corrected chi connectivity index (χ1v) is 10.9. The second kappa shape index (κ2) is 8.79. The number of primary amides is 1. The number of carbonyl (C=O) groups is 2. The van der Waals surface area contributed by atoms with Crippen LogP contribution >= 0.6 is 11.3 Å². The molecule has 7 nitrogen and oxygen atoms in total. The van der Waals surface area contributed by atoms with Crippen molar-refractivity contribution in [1.29, 1.82) is 0 Å². The Balaban J connectivity index is 1.40. The van der Waals surface area contributed by atoms with Crippen LogP contribution < -0.4 is 15.8 Å². The summed E-state index contributed by atoms with van der Waals surface area (Å²) >= 11 is 1.51. The van der Waals surface area contributed by atoms with Crippen LogP contribution in [-0.4, -0.2) is 42.0 Å². The summed E-state index contributed by atoms with van der Waals surface area (Å²) in [6, 6.07) is 8.88. The topological polar surface area (TPSA) is 100 Å². The van der Waals surface area contributed by atoms with E-state index < -0.39 is 6.03 Å². The number of carbonyl (C=O) groups excluding carboxylic acids is 2. The molecule has 3 aromatic rings. The van der Waals surface area contributed by atoms with Crippen molar-refractivity contribution >= 4 is 34.2 Å². The Morgan fingerprint density at radius 2 is 2.13 bits per heavy atom. The molecule has 1 aromatic carbocycles. The fourth-order valence-electron chi connectivity index (χ4n) is 4.21. The number of nitrogens with two attached hydrogens (primary N) is 1. The number of methoxy groups -OCH3 is 1. The first-order chi connectivity index (χ1) is 14.5. The predicted molar refractivity (Wildman–Crippen MR) is 118 cm³/mol. The third-order valence-corrected chi connectivity index (χ3v) is 6.78. The van der Waals surface area contributed by atoms with Gasteiger partial charge in [0.1, 0.15) is 5.75 Å². The first kappa shape index (κ1) is 20.3. The van der Waals surface area contributed by atoms with Crippen molar-refractivity contribution in [1.82, 2.24) is 15.2 Å². The maximum absolute atomic E-state index is 12.9. The van der Waals surface area contributed by atoms with Gasteiger partial charge in [-0.25, -0.2) is 4.79 Å². The molecule has 1 unspecified atom stereocenters. The minimum atomic E-state index is -0.616. The van der Waals surface area contributed by atoms with Gasteiger partial charge in [0, 0.05) is 35.1 Å². The van der Waals surface area contributed by atoms with Gasteiger partial charge in [0.05, 0.1) is 19.6 Å². The fraction of sp³-hybridized carbons (Fsp3) is 0.364. The van der Waals surface area contributed by atoms with Crippen molar-refractivity contribution in [3.8, 4) is 5.75 Å². The lowest BCUT2D eigenvalue weighted by Crippen LogP contribution is -2.41. The van der Waals surface area contributed by atoms with E-state index in [1.165, 1.54) is 22.3 Å². The van der Waals surface area contributed by atoms with E-state index in [1.807, 2.05) is 34.5 Å². The van der Waals surface area contributed by atoms with Crippen LogP contribution in [0, 0.1) is 0 Å². The number of hydrogen-bond donors (Lipinski definition) is 3. The summed E-state index contributed by atoms with van der Waals surface area (Å²) in [5, 5.41) is 5.81. The van der Waals surface area contributed by atoms with Gasteiger partial charge in [-0.05, 0) is 54.0 Å². The van der Waals surface area contributed by atoms with Crippen LogP contribution in [0.1, 0.15) is 41.7 Å². The third-order valence-electron chi connectivity index (χ3n) is 5.79. The number of rotatable bonds is 6. The highest BCUT2D eigenvalue weighted by Gasteiger charge is 2.28. The van der Waals surface area contributed by atoms with E-state index >= 15 is 0 Å². The van der Waals surface area contributed by atoms with Crippen LogP contribution in [0.5, 0.6) is 5.75 Å². The number of hydrogen-bond acceptors (Lipinski definition) is 4. The molecule has 158 valence electrons. The van der Waals surface area contributed by atoms with Gasteiger partial charge in [0.2, 0.25) is 5.91 Å². The van der Waals surface area contributed by atoms with E-state index in [1.54, 1.807) is 7.11 Å². The standard InChI is InChI=1S/C22H26N4O3S/c1-29-15-4-5-18-16(11-15)17(13-24-18)14-6-8-26(9-7-14)21(27)12-19(25-22(23)28)20-3-2-10-30-20/h2-5,10-11,13-14,19,24H,6-9,12H2,1H3,(H3,23,25,28). The Morgan fingerprint density at radius 3 is 2.80 bits per heavy atom. The second-order valence-electron chi connectivity index (χ2n) is 7.59. The van der Waals surface area contributed by atoms with Crippen molar-refractivity contribution in [2.24, 2.45) is 5.73 Å². The van der Waals surface area contributed by atoms with Crippen molar-refractivity contribution in [3.63, 3.8) is 0 Å². The van der Waals surface area contributed by atoms with Gasteiger partial charge < -0.3 is 25.7 Å². The van der Waals surface area contributed by atoms with E-state index in [0.29, 0.717) is 19.0 Å². The van der Waals surface area contributed by atoms with Crippen molar-refractivity contribution in [2.45, 2.75) is 31.2 Å². The van der Waals surface area contributed by atoms with E-state index in [9.17, 15) is 9.59 Å². The molecule has 1 aliphatic heterocycles. The number of benzene rings is 1. The number of aromatic amines is 1. The number of aromatic nitrogens is 1. The number of likely N-dealkylation sites (tertiary alicyclic amines) is 1. The number of nitrogens with one attached hydrogen (secondary N) is 2. The van der Waals surface area contributed by atoms with E-state index in [2.05, 4.69) is 22.6 Å². The van der Waals surface area contributed by atoms with Crippen LogP contribution in [0.25, 0.3) is 10.9 Å². The summed E-state index contributed by atoms with van der Waals surface area (Å²) < 4.78 is 5.37. The molecule has 3 amide bonds. The molecule has 30 heavy (non-hydrogen) atoms. The molecule has 0 radical (unpaired) electrons. The Labute approximate surface area is 179 Å². The van der Waals surface area contributed by atoms with Crippen LogP contribution in [0.2, 0.25) is 0 Å². The predicted octanol–water partition coefficient (Wildman–Crippen LogP) is 3.74. The first-order valence-electron chi connectivity index (χ1n) is 10.1. The Hall–Kier alpha value is -3.00. The molecule has 1 fully saturated rings. The van der Waals surface area contributed by atoms with Crippen LogP contribution in [0.4, 0.5) is 4.79 Å². The molecular weight excluding hydrogens is 400 g/mol. The summed E-state index contributed by atoms with van der Waals surface area (Å²) in [4.78, 5) is 30.4. The maximum atomic E-state index is 12.9. The zero-order chi connectivity index (χ0) is 21.1. The van der Waals surface area contributed by atoms with Crippen molar-refractivity contribution < 1.29 is 14.3 Å². The van der Waals surface area contributed by atoms with Gasteiger partial charge in [-0.3, -0.25) is 4.79 Å². The van der Waals surface area contributed by atoms with E-state index in [4.69, 9.17) is 10.5 Å². The average molecular weight is 427 g/mol. The van der Waals surface area contributed by atoms with Gasteiger partial charge >= 0.3 is 6.03 Å². The number of H-pyrrole nitrogens is 1. The summed E-state index contributed by atoms with van der Waals surface area (Å²) in [5.74, 6) is 1.28. The monoisotopic (exact) mass is 426 g/mol. The fourth-order valence-corrected chi connectivity index (χ4v) is 4.99. The molecular formula is C22H26N4O3S. The van der Waals surface area contributed by atoms with Crippen LogP contribution in [-0.2, 0) is 4.79 Å². The zero-order valence-corrected chi connectivity index (χ0v) is 17.7. The summed E-state index contributed by atoms with van der Waals surface area (Å²) in [6.07, 6.45) is 4.11. The highest BCUT2D eigenvalue weighted by molar-refractivity contribution is 7.10. The summed E-state index contributed by atoms with van der Waals surface area (Å²) in [5.41, 5.74) is 7.69. The number of thiophene rings is 1. The van der Waals surface area contributed by atoms with Gasteiger partial charge in [-0.2, -0.15) is 0 Å². The number of amides is 3. The van der Waals surface area contributed by atoms with E-state index in [-0.39, 0.29) is 18.4 Å². The number of fused-ring (bicyclic) bond motifs is 1. The quantitative estimate of drug-likeness (QED) is 0.560. The molecule has 0 spiro atoms. The lowest BCUT2D eigenvalue weighted by molar-refractivity contribution is -0.132. The molecule has 8 heteroatoms. The Bertz CT molecular complexity index is 1020. The molecule has 4 rings (SSSR count). The highest BCUT2D eigenvalue weighted by Crippen LogP contribution is 2.35. The smallest absolute Gasteiger partial charge is 0.312 e. The van der Waals surface area contributed by atoms with Crippen molar-refractivity contribution in [3.05, 3.63) is 52.3 Å². The molecule has 1 saturated heterocycles. The number of urea groups is 1. The summed E-state index contributed by atoms with van der Waals surface area (Å²) in [7, 11) is 1.67. The lowest BCUT2D eigenvalue weighted by Gasteiger charge is -2.33. The lowest BCUT2D eigenvalue weighted by atomic mass is 9.89. The molecule has 3 heterocycles. The Morgan fingerprint density at radius 1 is 1.33 bits per heavy atom. The minimum absolute atomic E-state index is 0.0428. The molecule has 4 N–H and O–H groups in total. The Kier molecular flexibility index (Phi) is 5.94. The highest BCUT2D eigenvalue weighted by atomic mass is 32.1. The SMILES string of the molecule is COc1ccc2[nH]cc(C3CCN(C(=O)CC(NC(N)=O)c4cccs4)CC3)c2c1. The number of piperidine rings is 1. The van der Waals surface area contributed by atoms with Gasteiger partial charge in [-0.15, -0.1) is 11.3 Å². The third kappa shape index (κ3) is 4.28. The average Bonchev–Trinajstić information content (AvgIpc) is 3.42. The molecule has 1 aliphatic rings. The molecule has 0 bridgehead atoms. The van der Waals surface area contributed by atoms with Gasteiger partial charge in [0.25, 0.3) is 0 Å². The number of ether oxygens (including phenoxy) is 1. The molecule has 0 aliphatic carbocycles. The molecule has 0 saturated carbocycles. The number of nitrogens with zero attached hydrogens (tertiary/aromatic N) is 1. The minimum Gasteiger partial charge on any atom is -0.497 e. The van der Waals surface area contributed by atoms with E-state index in [0.717, 1.165) is 29.0 Å². The van der Waals surface area contributed by atoms with Crippen molar-refractivity contribution in [2.75, 3.05) is 20.2 Å². The molecule has 1 atom stereocenters. The maximum Gasteiger partial charge on any atom is 0.312 e. The summed E-state index contributed by atoms with van der Waals surface area (Å²) in [6.45, 7) is 1.40. The largest absolute Gasteiger partial charge is 0.497 e. The van der Waals surface area contributed by atoms with Gasteiger partial charge in [-0.1, -0.05) is 6.07 Å². The van der Waals surface area contributed by atoms with Crippen LogP contribution in [0.3, 0.4) is 0 Å². The van der Waals surface area contributed by atoms with Crippen LogP contribution in [0.15, 0.2) is 41.9 Å².